The van der Waals surface area contributed by atoms with Crippen LogP contribution in [0.4, 0.5) is 0 Å². The molecular weight excluding hydrogens is 355 g/mol. The van der Waals surface area contributed by atoms with E-state index < -0.39 is 18.2 Å². The van der Waals surface area contributed by atoms with E-state index in [9.17, 15) is 0 Å². The van der Waals surface area contributed by atoms with Gasteiger partial charge in [0.2, 0.25) is 3.79 Å². The van der Waals surface area contributed by atoms with Gasteiger partial charge in [0, 0.05) is 0 Å². The molecule has 0 heterocycles. The topological polar surface area (TPSA) is 9.23 Å². The van der Waals surface area contributed by atoms with E-state index in [-0.39, 0.29) is 5.04 Å². The number of rotatable bonds is 4. The zero-order chi connectivity index (χ0) is 17.2. The minimum absolute atomic E-state index is 0.0544. The Morgan fingerprint density at radius 3 is 1.95 bits per heavy atom. The molecule has 0 N–H and O–H groups in total. The lowest BCUT2D eigenvalue weighted by Crippen LogP contribution is -2.46. The second kappa shape index (κ2) is 7.27. The van der Waals surface area contributed by atoms with Crippen molar-refractivity contribution >= 4 is 49.2 Å². The minimum Gasteiger partial charge on any atom is -0.406 e. The normalized spacial score (nSPS) is 15.3. The third kappa shape index (κ3) is 5.90. The molecule has 0 radical (unpaired) electrons. The van der Waals surface area contributed by atoms with Crippen LogP contribution in [0.15, 0.2) is 30.3 Å². The van der Waals surface area contributed by atoms with E-state index in [1.54, 1.807) is 0 Å². The van der Waals surface area contributed by atoms with Crippen LogP contribution in [0.25, 0.3) is 6.08 Å². The van der Waals surface area contributed by atoms with E-state index in [0.29, 0.717) is 0 Å². The largest absolute Gasteiger partial charge is 0.406 e. The maximum atomic E-state index is 6.27. The van der Waals surface area contributed by atoms with Gasteiger partial charge >= 0.3 is 0 Å². The molecule has 124 valence electrons. The lowest BCUT2D eigenvalue weighted by Gasteiger charge is -2.40. The molecule has 0 amide bonds. The summed E-state index contributed by atoms with van der Waals surface area (Å²) < 4.78 is 4.78. The van der Waals surface area contributed by atoms with E-state index in [4.69, 9.17) is 39.2 Å². The molecule has 0 aliphatic carbocycles. The van der Waals surface area contributed by atoms with Crippen LogP contribution in [-0.2, 0) is 4.43 Å². The van der Waals surface area contributed by atoms with Crippen LogP contribution < -0.4 is 0 Å². The second-order valence-electron chi connectivity index (χ2n) is 7.11. The van der Waals surface area contributed by atoms with Crippen molar-refractivity contribution in [2.24, 2.45) is 0 Å². The highest BCUT2D eigenvalue weighted by atomic mass is 35.6. The minimum atomic E-state index is -2.03. The van der Waals surface area contributed by atoms with E-state index in [1.807, 2.05) is 24.3 Å². The monoisotopic (exact) mass is 378 g/mol. The van der Waals surface area contributed by atoms with Crippen LogP contribution in [0.3, 0.4) is 0 Å². The van der Waals surface area contributed by atoms with Gasteiger partial charge < -0.3 is 4.43 Å². The van der Waals surface area contributed by atoms with Crippen molar-refractivity contribution in [3.63, 3.8) is 0 Å². The molecule has 1 aromatic carbocycles. The van der Waals surface area contributed by atoms with Gasteiger partial charge in [0.1, 0.15) is 6.10 Å². The van der Waals surface area contributed by atoms with E-state index >= 15 is 0 Å². The quantitative estimate of drug-likeness (QED) is 0.414. The Morgan fingerprint density at radius 2 is 1.55 bits per heavy atom. The van der Waals surface area contributed by atoms with Crippen molar-refractivity contribution in [3.05, 3.63) is 41.5 Å². The zero-order valence-electron chi connectivity index (χ0n) is 14.1. The predicted molar refractivity (Wildman–Crippen MR) is 103 cm³/mol. The fourth-order valence-electron chi connectivity index (χ4n) is 1.59. The SMILES string of the molecule is Cc1ccc(/C=C/C(O[Si](C)(C)C(C)(C)C)C(Cl)(Cl)Cl)cc1. The number of halogens is 3. The van der Waals surface area contributed by atoms with Crippen LogP contribution in [0.2, 0.25) is 18.1 Å². The molecule has 1 unspecified atom stereocenters. The summed E-state index contributed by atoms with van der Waals surface area (Å²) in [5.74, 6) is 0. The summed E-state index contributed by atoms with van der Waals surface area (Å²) in [6.45, 7) is 12.8. The maximum absolute atomic E-state index is 6.27. The zero-order valence-corrected chi connectivity index (χ0v) is 17.4. The second-order valence-corrected chi connectivity index (χ2v) is 14.2. The van der Waals surface area contributed by atoms with Crippen molar-refractivity contribution in [1.29, 1.82) is 0 Å². The average Bonchev–Trinajstić information content (AvgIpc) is 2.33. The van der Waals surface area contributed by atoms with E-state index in [0.717, 1.165) is 5.56 Å². The summed E-state index contributed by atoms with van der Waals surface area (Å²) >= 11 is 18.4. The van der Waals surface area contributed by atoms with Crippen LogP contribution >= 0.6 is 34.8 Å². The Hall–Kier alpha value is 0.00688. The Morgan fingerprint density at radius 1 is 1.05 bits per heavy atom. The molecule has 0 bridgehead atoms. The van der Waals surface area contributed by atoms with Crippen molar-refractivity contribution in [3.8, 4) is 0 Å². The van der Waals surface area contributed by atoms with Gasteiger partial charge in [0.05, 0.1) is 0 Å². The Labute approximate surface area is 150 Å². The Bertz CT molecular complexity index is 510. The summed E-state index contributed by atoms with van der Waals surface area (Å²) in [6, 6.07) is 8.18. The summed E-state index contributed by atoms with van der Waals surface area (Å²) in [6.07, 6.45) is 3.22. The van der Waals surface area contributed by atoms with Crippen molar-refractivity contribution in [1.82, 2.24) is 0 Å². The lowest BCUT2D eigenvalue weighted by molar-refractivity contribution is 0.229. The third-order valence-corrected chi connectivity index (χ3v) is 9.19. The molecule has 1 atom stereocenters. The first-order chi connectivity index (χ1) is 9.83. The highest BCUT2D eigenvalue weighted by Gasteiger charge is 2.43. The van der Waals surface area contributed by atoms with Gasteiger partial charge in [-0.05, 0) is 30.6 Å². The van der Waals surface area contributed by atoms with Gasteiger partial charge in [-0.15, -0.1) is 0 Å². The highest BCUT2D eigenvalue weighted by Crippen LogP contribution is 2.42. The first-order valence-corrected chi connectivity index (χ1v) is 11.4. The fourth-order valence-corrected chi connectivity index (χ4v) is 3.41. The molecule has 22 heavy (non-hydrogen) atoms. The molecule has 0 saturated carbocycles. The number of hydrogen-bond acceptors (Lipinski definition) is 1. The van der Waals surface area contributed by atoms with E-state index in [2.05, 4.69) is 52.9 Å². The maximum Gasteiger partial charge on any atom is 0.218 e. The van der Waals surface area contributed by atoms with Gasteiger partial charge in [-0.3, -0.25) is 0 Å². The standard InChI is InChI=1S/C17H25Cl3OSi/c1-13-7-9-14(10-8-13)11-12-15(17(18,19)20)21-22(5,6)16(2,3)4/h7-12,15H,1-6H3/b12-11+. The van der Waals surface area contributed by atoms with Gasteiger partial charge in [-0.25, -0.2) is 0 Å². The van der Waals surface area contributed by atoms with Crippen LogP contribution in [0, 0.1) is 6.92 Å². The van der Waals surface area contributed by atoms with Crippen molar-refractivity contribution in [2.75, 3.05) is 0 Å². The number of benzene rings is 1. The molecule has 0 spiro atoms. The van der Waals surface area contributed by atoms with Crippen LogP contribution in [-0.4, -0.2) is 18.2 Å². The molecule has 1 rings (SSSR count). The molecular formula is C17H25Cl3OSi. The molecule has 0 aliphatic rings. The van der Waals surface area contributed by atoms with Crippen LogP contribution in [0.5, 0.6) is 0 Å². The van der Waals surface area contributed by atoms with Crippen molar-refractivity contribution < 1.29 is 4.43 Å². The molecule has 0 saturated heterocycles. The molecule has 5 heteroatoms. The van der Waals surface area contributed by atoms with Gasteiger partial charge in [-0.1, -0.05) is 97.6 Å². The molecule has 0 aliphatic heterocycles. The molecule has 1 nitrogen and oxygen atoms in total. The third-order valence-electron chi connectivity index (χ3n) is 4.09. The predicted octanol–water partition coefficient (Wildman–Crippen LogP) is 6.77. The number of aryl methyl sites for hydroxylation is 1. The first-order valence-electron chi connectivity index (χ1n) is 7.32. The summed E-state index contributed by atoms with van der Waals surface area (Å²) in [7, 11) is -2.03. The summed E-state index contributed by atoms with van der Waals surface area (Å²) in [5.41, 5.74) is 2.27. The average molecular weight is 380 g/mol. The smallest absolute Gasteiger partial charge is 0.218 e. The van der Waals surface area contributed by atoms with Gasteiger partial charge in [-0.2, -0.15) is 0 Å². The highest BCUT2D eigenvalue weighted by molar-refractivity contribution is 6.74. The molecule has 0 aromatic heterocycles. The van der Waals surface area contributed by atoms with E-state index in [1.165, 1.54) is 5.56 Å². The van der Waals surface area contributed by atoms with Gasteiger partial charge in [0.25, 0.3) is 0 Å². The van der Waals surface area contributed by atoms with Crippen molar-refractivity contribution in [2.45, 2.75) is 55.7 Å². The number of hydrogen-bond donors (Lipinski definition) is 0. The summed E-state index contributed by atoms with van der Waals surface area (Å²) in [4.78, 5) is 0. The van der Waals surface area contributed by atoms with Gasteiger partial charge in [0.15, 0.2) is 8.32 Å². The fraction of sp³-hybridized carbons (Fsp3) is 0.529. The lowest BCUT2D eigenvalue weighted by atomic mass is 10.1. The van der Waals surface area contributed by atoms with Crippen LogP contribution in [0.1, 0.15) is 31.9 Å². The Kier molecular flexibility index (Phi) is 6.63. The number of alkyl halides is 3. The molecule has 0 fully saturated rings. The first kappa shape index (κ1) is 20.1. The molecule has 1 aromatic rings. The summed E-state index contributed by atoms with van der Waals surface area (Å²) in [5, 5.41) is 0.0544. The Balaban J connectivity index is 2.98.